The largest absolute Gasteiger partial charge is 0.476 e. The van der Waals surface area contributed by atoms with Gasteiger partial charge in [-0.3, -0.25) is 19.7 Å². The van der Waals surface area contributed by atoms with E-state index >= 15 is 0 Å². The van der Waals surface area contributed by atoms with Crippen molar-refractivity contribution in [1.82, 2.24) is 25.1 Å². The molecule has 2 aromatic rings. The number of aromatic nitrogens is 2. The van der Waals surface area contributed by atoms with Gasteiger partial charge in [0.15, 0.2) is 0 Å². The van der Waals surface area contributed by atoms with E-state index in [0.29, 0.717) is 42.8 Å². The summed E-state index contributed by atoms with van der Waals surface area (Å²) in [6.07, 6.45) is 1.58. The van der Waals surface area contributed by atoms with E-state index < -0.39 is 11.1 Å². The molecule has 1 spiro atoms. The third kappa shape index (κ3) is 5.01. The molecular formula is C24H26N6O4S. The summed E-state index contributed by atoms with van der Waals surface area (Å²) in [6.45, 7) is 4.04. The molecule has 0 saturated carbocycles. The summed E-state index contributed by atoms with van der Waals surface area (Å²) in [4.78, 5) is 51.6. The van der Waals surface area contributed by atoms with Gasteiger partial charge >= 0.3 is 0 Å². The van der Waals surface area contributed by atoms with Crippen LogP contribution in [0.2, 0.25) is 0 Å². The Kier molecular flexibility index (Phi) is 6.20. The summed E-state index contributed by atoms with van der Waals surface area (Å²) in [7, 11) is 3.92. The van der Waals surface area contributed by atoms with E-state index in [4.69, 9.17) is 4.74 Å². The Hall–Kier alpha value is -3.44. The summed E-state index contributed by atoms with van der Waals surface area (Å²) >= 11 is 0.846. The van der Waals surface area contributed by atoms with Crippen molar-refractivity contribution in [1.29, 1.82) is 0 Å². The minimum Gasteiger partial charge on any atom is -0.476 e. The number of likely N-dealkylation sites (tertiary alicyclic amines) is 1. The SMILES string of the molecule is CN(C)CCOc1cc(/C=C2\SC(=O)NC2=O)nc(N2CC3(CN(C(=O)c4ccccc4)C3)C2)n1. The number of imide groups is 1. The molecule has 0 unspecified atom stereocenters. The number of hydrogen-bond acceptors (Lipinski definition) is 9. The number of carbonyl (C=O) groups excluding carboxylic acids is 3. The molecule has 1 N–H and O–H groups in total. The molecule has 3 aliphatic heterocycles. The van der Waals surface area contributed by atoms with E-state index in [2.05, 4.69) is 20.2 Å². The van der Waals surface area contributed by atoms with Crippen LogP contribution in [0, 0.1) is 5.41 Å². The third-order valence-electron chi connectivity index (χ3n) is 6.12. The van der Waals surface area contributed by atoms with Gasteiger partial charge in [0.1, 0.15) is 6.61 Å². The molecule has 0 bridgehead atoms. The van der Waals surface area contributed by atoms with Gasteiger partial charge in [0.2, 0.25) is 11.8 Å². The van der Waals surface area contributed by atoms with Gasteiger partial charge in [-0.1, -0.05) is 18.2 Å². The number of anilines is 1. The van der Waals surface area contributed by atoms with Gasteiger partial charge in [-0.25, -0.2) is 4.98 Å². The smallest absolute Gasteiger partial charge is 0.290 e. The van der Waals surface area contributed by atoms with Crippen LogP contribution in [0.1, 0.15) is 16.1 Å². The molecule has 3 fully saturated rings. The van der Waals surface area contributed by atoms with E-state index in [9.17, 15) is 14.4 Å². The summed E-state index contributed by atoms with van der Waals surface area (Å²) in [5, 5.41) is 1.85. The Bertz CT molecular complexity index is 1190. The van der Waals surface area contributed by atoms with Crippen molar-refractivity contribution in [2.45, 2.75) is 0 Å². The highest BCUT2D eigenvalue weighted by molar-refractivity contribution is 8.18. The lowest BCUT2D eigenvalue weighted by atomic mass is 9.72. The first-order chi connectivity index (χ1) is 16.8. The summed E-state index contributed by atoms with van der Waals surface area (Å²) in [5.74, 6) is 0.537. The number of amides is 3. The molecule has 35 heavy (non-hydrogen) atoms. The maximum atomic E-state index is 12.7. The second kappa shape index (κ2) is 9.31. The van der Waals surface area contributed by atoms with E-state index in [1.165, 1.54) is 0 Å². The highest BCUT2D eigenvalue weighted by atomic mass is 32.2. The Morgan fingerprint density at radius 1 is 1.17 bits per heavy atom. The molecule has 10 nitrogen and oxygen atoms in total. The molecule has 3 amide bonds. The molecule has 0 aliphatic carbocycles. The van der Waals surface area contributed by atoms with Crippen LogP contribution < -0.4 is 15.0 Å². The van der Waals surface area contributed by atoms with Gasteiger partial charge in [-0.2, -0.15) is 4.98 Å². The normalized spacial score (nSPS) is 19.7. The Labute approximate surface area is 207 Å². The van der Waals surface area contributed by atoms with Crippen LogP contribution in [0.25, 0.3) is 6.08 Å². The first kappa shape index (κ1) is 23.3. The maximum Gasteiger partial charge on any atom is 0.290 e. The van der Waals surface area contributed by atoms with Crippen molar-refractivity contribution < 1.29 is 19.1 Å². The zero-order chi connectivity index (χ0) is 24.6. The second-order valence-corrected chi connectivity index (χ2v) is 10.3. The number of likely N-dealkylation sites (N-methyl/N-ethyl adjacent to an activating group) is 1. The maximum absolute atomic E-state index is 12.7. The van der Waals surface area contributed by atoms with Crippen LogP contribution in [0.15, 0.2) is 41.3 Å². The molecule has 3 aliphatic rings. The van der Waals surface area contributed by atoms with Crippen LogP contribution >= 0.6 is 11.8 Å². The average Bonchev–Trinajstić information content (AvgIpc) is 3.08. The number of rotatable bonds is 7. The van der Waals surface area contributed by atoms with Crippen LogP contribution in [0.5, 0.6) is 5.88 Å². The van der Waals surface area contributed by atoms with Crippen molar-refractivity contribution >= 4 is 40.8 Å². The zero-order valence-corrected chi connectivity index (χ0v) is 20.4. The Balaban J connectivity index is 1.28. The first-order valence-corrected chi connectivity index (χ1v) is 12.1. The predicted molar refractivity (Wildman–Crippen MR) is 132 cm³/mol. The van der Waals surface area contributed by atoms with Crippen molar-refractivity contribution in [3.8, 4) is 5.88 Å². The first-order valence-electron chi connectivity index (χ1n) is 11.3. The second-order valence-electron chi connectivity index (χ2n) is 9.32. The van der Waals surface area contributed by atoms with Gasteiger partial charge in [-0.15, -0.1) is 0 Å². The molecule has 0 radical (unpaired) electrons. The van der Waals surface area contributed by atoms with Gasteiger partial charge in [0.25, 0.3) is 17.1 Å². The fourth-order valence-electron chi connectivity index (χ4n) is 4.38. The number of nitrogens with one attached hydrogen (secondary N) is 1. The number of carbonyl (C=O) groups is 3. The molecule has 0 atom stereocenters. The molecule has 5 rings (SSSR count). The van der Waals surface area contributed by atoms with E-state index in [-0.39, 0.29) is 16.2 Å². The number of hydrogen-bond donors (Lipinski definition) is 1. The number of thioether (sulfide) groups is 1. The van der Waals surface area contributed by atoms with Gasteiger partial charge in [0.05, 0.1) is 10.6 Å². The third-order valence-corrected chi connectivity index (χ3v) is 6.93. The predicted octanol–water partition coefficient (Wildman–Crippen LogP) is 1.70. The molecule has 3 saturated heterocycles. The van der Waals surface area contributed by atoms with E-state index in [1.807, 2.05) is 54.2 Å². The number of benzene rings is 1. The van der Waals surface area contributed by atoms with Gasteiger partial charge < -0.3 is 19.4 Å². The van der Waals surface area contributed by atoms with E-state index in [1.54, 1.807) is 12.1 Å². The quantitative estimate of drug-likeness (QED) is 0.576. The minimum atomic E-state index is -0.434. The summed E-state index contributed by atoms with van der Waals surface area (Å²) in [5.41, 5.74) is 1.24. The molecule has 182 valence electrons. The van der Waals surface area contributed by atoms with Gasteiger partial charge in [-0.05, 0) is 44.1 Å². The monoisotopic (exact) mass is 494 g/mol. The minimum absolute atomic E-state index is 0.0435. The molecule has 1 aromatic heterocycles. The van der Waals surface area contributed by atoms with Crippen molar-refractivity contribution in [3.05, 3.63) is 52.6 Å². The summed E-state index contributed by atoms with van der Waals surface area (Å²) < 4.78 is 5.84. The molecule has 4 heterocycles. The van der Waals surface area contributed by atoms with Crippen molar-refractivity contribution in [3.63, 3.8) is 0 Å². The number of nitrogens with zero attached hydrogens (tertiary/aromatic N) is 5. The van der Waals surface area contributed by atoms with Crippen molar-refractivity contribution in [2.75, 3.05) is 58.3 Å². The van der Waals surface area contributed by atoms with Crippen LogP contribution in [0.4, 0.5) is 10.7 Å². The van der Waals surface area contributed by atoms with Gasteiger partial charge in [0, 0.05) is 49.8 Å². The Morgan fingerprint density at radius 3 is 2.57 bits per heavy atom. The molecule has 11 heteroatoms. The van der Waals surface area contributed by atoms with Crippen LogP contribution in [-0.4, -0.2) is 90.2 Å². The Morgan fingerprint density at radius 2 is 1.91 bits per heavy atom. The molecular weight excluding hydrogens is 468 g/mol. The topological polar surface area (TPSA) is 108 Å². The standard InChI is InChI=1S/C24H26N6O4S/c1-28(2)8-9-34-19-11-17(10-18-20(31)27-23(33)35-18)25-22(26-19)30-14-24(15-30)12-29(13-24)21(32)16-6-4-3-5-7-16/h3-7,10-11H,8-9,12-15H2,1-2H3,(H,27,31,33)/b18-10-. The van der Waals surface area contributed by atoms with E-state index in [0.717, 1.165) is 31.4 Å². The number of ether oxygens (including phenoxy) is 1. The molecule has 1 aromatic carbocycles. The highest BCUT2D eigenvalue weighted by Crippen LogP contribution is 2.42. The van der Waals surface area contributed by atoms with Crippen LogP contribution in [0.3, 0.4) is 0 Å². The lowest BCUT2D eigenvalue weighted by molar-refractivity contribution is -0.115. The lowest BCUT2D eigenvalue weighted by Gasteiger charge is -2.60. The fraction of sp³-hybridized carbons (Fsp3) is 0.375. The highest BCUT2D eigenvalue weighted by Gasteiger charge is 2.54. The average molecular weight is 495 g/mol. The fourth-order valence-corrected chi connectivity index (χ4v) is 5.05. The van der Waals surface area contributed by atoms with Crippen molar-refractivity contribution in [2.24, 2.45) is 5.41 Å². The zero-order valence-electron chi connectivity index (χ0n) is 19.6. The lowest BCUT2D eigenvalue weighted by Crippen LogP contribution is -2.73. The van der Waals surface area contributed by atoms with Crippen LogP contribution in [-0.2, 0) is 4.79 Å². The summed E-state index contributed by atoms with van der Waals surface area (Å²) in [6, 6.07) is 11.0.